The van der Waals surface area contributed by atoms with Gasteiger partial charge in [-0.05, 0) is 43.4 Å². The van der Waals surface area contributed by atoms with Gasteiger partial charge >= 0.3 is 6.03 Å². The molecule has 122 valence electrons. The predicted molar refractivity (Wildman–Crippen MR) is 85.7 cm³/mol. The molecule has 1 fully saturated rings. The van der Waals surface area contributed by atoms with E-state index in [-0.39, 0.29) is 12.1 Å². The monoisotopic (exact) mass is 314 g/mol. The van der Waals surface area contributed by atoms with Gasteiger partial charge in [0.05, 0.1) is 6.04 Å². The van der Waals surface area contributed by atoms with E-state index in [0.29, 0.717) is 5.92 Å². The van der Waals surface area contributed by atoms with E-state index in [4.69, 9.17) is 0 Å². The summed E-state index contributed by atoms with van der Waals surface area (Å²) in [5, 5.41) is 7.04. The zero-order valence-corrected chi connectivity index (χ0v) is 13.5. The molecule has 2 aromatic rings. The predicted octanol–water partition coefficient (Wildman–Crippen LogP) is 1.86. The number of likely N-dealkylation sites (tertiary alicyclic amines) is 1. The molecule has 2 aromatic heterocycles. The van der Waals surface area contributed by atoms with E-state index in [0.717, 1.165) is 31.8 Å². The van der Waals surface area contributed by atoms with E-state index in [1.165, 1.54) is 11.9 Å². The quantitative estimate of drug-likeness (QED) is 0.938. The average molecular weight is 314 g/mol. The third kappa shape index (κ3) is 3.49. The Labute approximate surface area is 135 Å². The van der Waals surface area contributed by atoms with Crippen molar-refractivity contribution in [2.45, 2.75) is 31.7 Å². The van der Waals surface area contributed by atoms with Gasteiger partial charge in [0.25, 0.3) is 0 Å². The maximum Gasteiger partial charge on any atom is 0.317 e. The topological polar surface area (TPSA) is 75.9 Å². The summed E-state index contributed by atoms with van der Waals surface area (Å²) in [6.45, 7) is 3.46. The fourth-order valence-electron chi connectivity index (χ4n) is 3.09. The summed E-state index contributed by atoms with van der Waals surface area (Å²) in [6.07, 6.45) is 7.12. The van der Waals surface area contributed by atoms with Gasteiger partial charge < -0.3 is 10.2 Å². The molecule has 0 radical (unpaired) electrons. The fraction of sp³-hybridized carbons (Fsp3) is 0.500. The Balaban J connectivity index is 1.53. The smallest absolute Gasteiger partial charge is 0.317 e. The van der Waals surface area contributed by atoms with Gasteiger partial charge in [-0.3, -0.25) is 9.67 Å². The zero-order chi connectivity index (χ0) is 16.2. The van der Waals surface area contributed by atoms with Gasteiger partial charge in [-0.2, -0.15) is 5.10 Å². The number of carbonyl (C=O) groups is 1. The molecule has 0 spiro atoms. The van der Waals surface area contributed by atoms with Crippen LogP contribution in [0.5, 0.6) is 0 Å². The standard InChI is InChI=1S/C16H22N6O/c1-12(15-18-11-19-21(15)2)20-16(23)22-9-5-14(6-10-22)13-3-7-17-8-4-13/h3-4,7-8,11-12,14H,5-6,9-10H2,1-2H3,(H,20,23)/t12-/m0/s1. The summed E-state index contributed by atoms with van der Waals surface area (Å²) in [5.41, 5.74) is 1.31. The SMILES string of the molecule is C[C@H](NC(=O)N1CCC(c2ccncc2)CC1)c1ncnn1C. The van der Waals surface area contributed by atoms with E-state index >= 15 is 0 Å². The van der Waals surface area contributed by atoms with Crippen LogP contribution in [-0.2, 0) is 7.05 Å². The molecule has 1 saturated heterocycles. The molecule has 1 aliphatic rings. The Morgan fingerprint density at radius 2 is 2.00 bits per heavy atom. The second kappa shape index (κ2) is 6.76. The second-order valence-corrected chi connectivity index (χ2v) is 5.95. The molecule has 1 N–H and O–H groups in total. The van der Waals surface area contributed by atoms with Crippen molar-refractivity contribution in [3.63, 3.8) is 0 Å². The van der Waals surface area contributed by atoms with Crippen molar-refractivity contribution in [2.75, 3.05) is 13.1 Å². The maximum absolute atomic E-state index is 12.4. The Morgan fingerprint density at radius 1 is 1.30 bits per heavy atom. The second-order valence-electron chi connectivity index (χ2n) is 5.95. The summed E-state index contributed by atoms with van der Waals surface area (Å²) < 4.78 is 1.68. The molecular formula is C16H22N6O. The molecular weight excluding hydrogens is 292 g/mol. The van der Waals surface area contributed by atoms with Gasteiger partial charge in [-0.1, -0.05) is 0 Å². The number of urea groups is 1. The number of pyridine rings is 1. The maximum atomic E-state index is 12.4. The van der Waals surface area contributed by atoms with Crippen LogP contribution < -0.4 is 5.32 Å². The summed E-state index contributed by atoms with van der Waals surface area (Å²) in [4.78, 5) is 22.5. The lowest BCUT2D eigenvalue weighted by Crippen LogP contribution is -2.45. The van der Waals surface area contributed by atoms with Crippen molar-refractivity contribution in [2.24, 2.45) is 7.05 Å². The molecule has 2 amide bonds. The van der Waals surface area contributed by atoms with Crippen molar-refractivity contribution in [1.82, 2.24) is 30.0 Å². The molecule has 0 aromatic carbocycles. The first-order chi connectivity index (χ1) is 11.1. The highest BCUT2D eigenvalue weighted by Crippen LogP contribution is 2.27. The Hall–Kier alpha value is -2.44. The van der Waals surface area contributed by atoms with E-state index in [1.54, 1.807) is 4.68 Å². The lowest BCUT2D eigenvalue weighted by Gasteiger charge is -2.32. The highest BCUT2D eigenvalue weighted by atomic mass is 16.2. The summed E-state index contributed by atoms with van der Waals surface area (Å²) in [7, 11) is 1.82. The first-order valence-corrected chi connectivity index (χ1v) is 7.94. The molecule has 3 rings (SSSR count). The normalized spacial score (nSPS) is 17.0. The number of carbonyl (C=O) groups excluding carboxylic acids is 1. The van der Waals surface area contributed by atoms with Crippen molar-refractivity contribution < 1.29 is 4.79 Å². The van der Waals surface area contributed by atoms with Crippen LogP contribution in [0.15, 0.2) is 30.9 Å². The zero-order valence-electron chi connectivity index (χ0n) is 13.5. The summed E-state index contributed by atoms with van der Waals surface area (Å²) in [6, 6.07) is 3.94. The number of hydrogen-bond acceptors (Lipinski definition) is 4. The number of nitrogens with zero attached hydrogens (tertiary/aromatic N) is 5. The number of hydrogen-bond donors (Lipinski definition) is 1. The minimum atomic E-state index is -0.159. The third-order valence-electron chi connectivity index (χ3n) is 4.43. The minimum absolute atomic E-state index is 0.0336. The molecule has 3 heterocycles. The van der Waals surface area contributed by atoms with Crippen molar-refractivity contribution in [3.8, 4) is 0 Å². The van der Waals surface area contributed by atoms with E-state index in [1.807, 2.05) is 31.3 Å². The van der Waals surface area contributed by atoms with Crippen LogP contribution in [0.2, 0.25) is 0 Å². The van der Waals surface area contributed by atoms with Crippen LogP contribution in [0.4, 0.5) is 4.79 Å². The number of nitrogens with one attached hydrogen (secondary N) is 1. The van der Waals surface area contributed by atoms with Gasteiger partial charge in [0.15, 0.2) is 0 Å². The van der Waals surface area contributed by atoms with Gasteiger partial charge in [-0.15, -0.1) is 0 Å². The lowest BCUT2D eigenvalue weighted by atomic mass is 9.90. The van der Waals surface area contributed by atoms with Crippen LogP contribution in [0.25, 0.3) is 0 Å². The highest BCUT2D eigenvalue weighted by molar-refractivity contribution is 5.74. The Kier molecular flexibility index (Phi) is 4.55. The number of piperidine rings is 1. The number of amides is 2. The summed E-state index contributed by atoms with van der Waals surface area (Å²) >= 11 is 0. The van der Waals surface area contributed by atoms with Crippen LogP contribution in [-0.4, -0.2) is 43.8 Å². The van der Waals surface area contributed by atoms with Gasteiger partial charge in [0, 0.05) is 32.5 Å². The van der Waals surface area contributed by atoms with Gasteiger partial charge in [-0.25, -0.2) is 9.78 Å². The highest BCUT2D eigenvalue weighted by Gasteiger charge is 2.25. The summed E-state index contributed by atoms with van der Waals surface area (Å²) in [5.74, 6) is 1.27. The van der Waals surface area contributed by atoms with Crippen LogP contribution in [0.3, 0.4) is 0 Å². The average Bonchev–Trinajstić information content (AvgIpc) is 3.02. The Bertz CT molecular complexity index is 648. The molecule has 23 heavy (non-hydrogen) atoms. The van der Waals surface area contributed by atoms with Crippen LogP contribution in [0.1, 0.15) is 43.1 Å². The van der Waals surface area contributed by atoms with E-state index in [2.05, 4.69) is 32.5 Å². The molecule has 1 aliphatic heterocycles. The number of rotatable bonds is 3. The van der Waals surface area contributed by atoms with Gasteiger partial charge in [0.1, 0.15) is 12.2 Å². The van der Waals surface area contributed by atoms with Crippen molar-refractivity contribution in [3.05, 3.63) is 42.2 Å². The Morgan fingerprint density at radius 3 is 2.61 bits per heavy atom. The number of aromatic nitrogens is 4. The molecule has 0 bridgehead atoms. The molecule has 0 saturated carbocycles. The number of aryl methyl sites for hydroxylation is 1. The van der Waals surface area contributed by atoms with Crippen molar-refractivity contribution in [1.29, 1.82) is 0 Å². The lowest BCUT2D eigenvalue weighted by molar-refractivity contribution is 0.177. The van der Waals surface area contributed by atoms with E-state index < -0.39 is 0 Å². The molecule has 7 heteroatoms. The van der Waals surface area contributed by atoms with Crippen molar-refractivity contribution >= 4 is 6.03 Å². The molecule has 7 nitrogen and oxygen atoms in total. The first-order valence-electron chi connectivity index (χ1n) is 7.94. The van der Waals surface area contributed by atoms with Gasteiger partial charge in [0.2, 0.25) is 0 Å². The third-order valence-corrected chi connectivity index (χ3v) is 4.43. The minimum Gasteiger partial charge on any atom is -0.328 e. The van der Waals surface area contributed by atoms with E-state index in [9.17, 15) is 4.79 Å². The largest absolute Gasteiger partial charge is 0.328 e. The van der Waals surface area contributed by atoms with Crippen LogP contribution >= 0.6 is 0 Å². The molecule has 0 unspecified atom stereocenters. The molecule has 1 atom stereocenters. The molecule has 0 aliphatic carbocycles. The fourth-order valence-corrected chi connectivity index (χ4v) is 3.09. The first kappa shape index (κ1) is 15.5. The van der Waals surface area contributed by atoms with Crippen LogP contribution in [0, 0.1) is 0 Å².